The van der Waals surface area contributed by atoms with Crippen molar-refractivity contribution >= 4 is 60.7 Å². The zero-order chi connectivity index (χ0) is 27.4. The summed E-state index contributed by atoms with van der Waals surface area (Å²) in [5.74, 6) is 0. The zero-order valence-corrected chi connectivity index (χ0v) is 22.6. The van der Waals surface area contributed by atoms with Crippen molar-refractivity contribution in [2.24, 2.45) is 4.99 Å². The van der Waals surface area contributed by atoms with Crippen LogP contribution in [0.1, 0.15) is 11.7 Å². The van der Waals surface area contributed by atoms with Crippen molar-refractivity contribution in [3.8, 4) is 16.8 Å². The van der Waals surface area contributed by atoms with Crippen molar-refractivity contribution in [1.82, 2.24) is 9.13 Å². The first kappa shape index (κ1) is 22.1. The lowest BCUT2D eigenvalue weighted by atomic mass is 10.0. The number of aliphatic imine (C=N–C) groups is 1. The fourth-order valence-electron chi connectivity index (χ4n) is 7.32. The van der Waals surface area contributed by atoms with Crippen molar-refractivity contribution in [2.45, 2.75) is 6.17 Å². The largest absolute Gasteiger partial charge is 0.358 e. The maximum absolute atomic E-state index is 5.25. The van der Waals surface area contributed by atoms with Crippen LogP contribution in [0.4, 0.5) is 11.4 Å². The lowest BCUT2D eigenvalue weighted by molar-refractivity contribution is 0.779. The van der Waals surface area contributed by atoms with E-state index in [-0.39, 0.29) is 6.17 Å². The summed E-state index contributed by atoms with van der Waals surface area (Å²) in [6.07, 6.45) is -0.0760. The molecule has 8 aromatic rings. The molecule has 0 radical (unpaired) electrons. The highest BCUT2D eigenvalue weighted by Crippen LogP contribution is 2.48. The average Bonchev–Trinajstić information content (AvgIpc) is 3.69. The van der Waals surface area contributed by atoms with E-state index >= 15 is 0 Å². The van der Waals surface area contributed by atoms with Crippen molar-refractivity contribution in [3.05, 3.63) is 139 Å². The van der Waals surface area contributed by atoms with Gasteiger partial charge in [0.05, 0.1) is 39.2 Å². The molecule has 196 valence electrons. The average molecular weight is 537 g/mol. The number of fused-ring (bicyclic) bond motifs is 11. The maximum Gasteiger partial charge on any atom is 0.148 e. The number of aromatic nitrogens is 2. The molecule has 0 bridgehead atoms. The minimum atomic E-state index is -0.0760. The van der Waals surface area contributed by atoms with Gasteiger partial charge >= 0.3 is 0 Å². The second-order valence-electron chi connectivity index (χ2n) is 11.3. The van der Waals surface area contributed by atoms with Crippen LogP contribution in [0.25, 0.3) is 60.4 Å². The van der Waals surface area contributed by atoms with Gasteiger partial charge in [0.15, 0.2) is 0 Å². The summed E-state index contributed by atoms with van der Waals surface area (Å²) in [5, 5.41) is 9.00. The summed E-state index contributed by atoms with van der Waals surface area (Å²) < 4.78 is 4.92. The molecule has 0 amide bonds. The molecule has 42 heavy (non-hydrogen) atoms. The molecule has 0 saturated carbocycles. The number of benzene rings is 6. The molecule has 2 aliphatic heterocycles. The van der Waals surface area contributed by atoms with Crippen LogP contribution in [0.2, 0.25) is 0 Å². The van der Waals surface area contributed by atoms with Crippen molar-refractivity contribution < 1.29 is 0 Å². The van der Waals surface area contributed by atoms with E-state index in [9.17, 15) is 0 Å². The smallest absolute Gasteiger partial charge is 0.148 e. The van der Waals surface area contributed by atoms with Gasteiger partial charge in [-0.25, -0.2) is 4.99 Å². The van der Waals surface area contributed by atoms with E-state index in [0.29, 0.717) is 0 Å². The summed E-state index contributed by atoms with van der Waals surface area (Å²) in [6.45, 7) is 0. The van der Waals surface area contributed by atoms with Gasteiger partial charge in [0, 0.05) is 32.8 Å². The standard InChI is InChI=1S/C38H24N4/c1-3-10-23(11-4-1)24-18-20-30-31(22-24)40-38-35(39-30)29-16-9-15-28-34-33(42(38)36(28)29)21-19-27-26-14-7-8-17-32(26)41(37(27)34)25-12-5-2-6-13-25/h1-22,38,40H. The molecule has 10 rings (SSSR count). The Kier molecular flexibility index (Phi) is 4.21. The van der Waals surface area contributed by atoms with E-state index in [1.807, 2.05) is 0 Å². The Labute approximate surface area is 241 Å². The molecule has 0 saturated heterocycles. The monoisotopic (exact) mass is 536 g/mol. The number of para-hydroxylation sites is 3. The lowest BCUT2D eigenvalue weighted by Gasteiger charge is -2.25. The predicted octanol–water partition coefficient (Wildman–Crippen LogP) is 9.62. The first-order valence-electron chi connectivity index (χ1n) is 14.4. The van der Waals surface area contributed by atoms with Crippen LogP contribution in [0, 0.1) is 0 Å². The number of hydrogen-bond donors (Lipinski definition) is 1. The summed E-state index contributed by atoms with van der Waals surface area (Å²) in [4.78, 5) is 5.25. The normalized spacial score (nSPS) is 15.2. The second-order valence-corrected chi connectivity index (χ2v) is 11.3. The van der Waals surface area contributed by atoms with Gasteiger partial charge in [-0.2, -0.15) is 0 Å². The van der Waals surface area contributed by atoms with Crippen LogP contribution in [0.15, 0.2) is 138 Å². The molecule has 0 aliphatic carbocycles. The Hall–Kier alpha value is -5.61. The van der Waals surface area contributed by atoms with E-state index in [1.165, 1.54) is 66.0 Å². The molecule has 0 fully saturated rings. The van der Waals surface area contributed by atoms with Crippen molar-refractivity contribution in [1.29, 1.82) is 0 Å². The van der Waals surface area contributed by atoms with Gasteiger partial charge < -0.3 is 14.5 Å². The summed E-state index contributed by atoms with van der Waals surface area (Å²) >= 11 is 0. The molecule has 4 heteroatoms. The Balaban J connectivity index is 1.27. The molecule has 2 aromatic heterocycles. The molecule has 1 N–H and O–H groups in total. The zero-order valence-electron chi connectivity index (χ0n) is 22.6. The van der Waals surface area contributed by atoms with Crippen LogP contribution in [0.5, 0.6) is 0 Å². The minimum absolute atomic E-state index is 0.0760. The Bertz CT molecular complexity index is 2430. The first-order valence-corrected chi connectivity index (χ1v) is 14.4. The third-order valence-corrected chi connectivity index (χ3v) is 9.06. The van der Waals surface area contributed by atoms with Gasteiger partial charge in [-0.05, 0) is 47.5 Å². The fourth-order valence-corrected chi connectivity index (χ4v) is 7.32. The van der Waals surface area contributed by atoms with Crippen LogP contribution < -0.4 is 5.32 Å². The molecule has 6 aromatic carbocycles. The number of nitrogens with one attached hydrogen (secondary N) is 1. The van der Waals surface area contributed by atoms with Gasteiger partial charge in [0.2, 0.25) is 0 Å². The molecule has 0 spiro atoms. The number of hydrogen-bond acceptors (Lipinski definition) is 2. The number of rotatable bonds is 2. The predicted molar refractivity (Wildman–Crippen MR) is 175 cm³/mol. The number of nitrogens with zero attached hydrogens (tertiary/aromatic N) is 3. The van der Waals surface area contributed by atoms with E-state index in [2.05, 4.69) is 148 Å². The Morgan fingerprint density at radius 1 is 0.571 bits per heavy atom. The second kappa shape index (κ2) is 7.99. The quantitative estimate of drug-likeness (QED) is 0.234. The van der Waals surface area contributed by atoms with Crippen LogP contribution in [0.3, 0.4) is 0 Å². The highest BCUT2D eigenvalue weighted by Gasteiger charge is 2.36. The van der Waals surface area contributed by atoms with Crippen molar-refractivity contribution in [2.75, 3.05) is 5.32 Å². The first-order chi connectivity index (χ1) is 20.8. The molecular formula is C38H24N4. The van der Waals surface area contributed by atoms with Gasteiger partial charge in [-0.1, -0.05) is 97.1 Å². The van der Waals surface area contributed by atoms with E-state index in [0.717, 1.165) is 17.1 Å². The highest BCUT2D eigenvalue weighted by atomic mass is 15.2. The topological polar surface area (TPSA) is 34.2 Å². The molecular weight excluding hydrogens is 512 g/mol. The van der Waals surface area contributed by atoms with E-state index in [1.54, 1.807) is 0 Å². The van der Waals surface area contributed by atoms with Gasteiger partial charge in [-0.3, -0.25) is 0 Å². The Morgan fingerprint density at radius 2 is 1.36 bits per heavy atom. The minimum Gasteiger partial charge on any atom is -0.358 e. The van der Waals surface area contributed by atoms with Crippen molar-refractivity contribution in [3.63, 3.8) is 0 Å². The van der Waals surface area contributed by atoms with Gasteiger partial charge in [-0.15, -0.1) is 0 Å². The van der Waals surface area contributed by atoms with Gasteiger partial charge in [0.1, 0.15) is 6.17 Å². The maximum atomic E-state index is 5.25. The summed E-state index contributed by atoms with van der Waals surface area (Å²) in [5.41, 5.74) is 12.8. The molecule has 1 atom stereocenters. The molecule has 2 aliphatic rings. The molecule has 4 nitrogen and oxygen atoms in total. The highest BCUT2D eigenvalue weighted by molar-refractivity contribution is 6.31. The summed E-state index contributed by atoms with van der Waals surface area (Å²) in [6, 6.07) is 47.9. The van der Waals surface area contributed by atoms with Crippen LogP contribution in [-0.2, 0) is 0 Å². The lowest BCUT2D eigenvalue weighted by Crippen LogP contribution is -2.25. The van der Waals surface area contributed by atoms with Crippen LogP contribution >= 0.6 is 0 Å². The number of anilines is 1. The van der Waals surface area contributed by atoms with Crippen LogP contribution in [-0.4, -0.2) is 14.8 Å². The van der Waals surface area contributed by atoms with E-state index in [4.69, 9.17) is 4.99 Å². The Morgan fingerprint density at radius 3 is 2.24 bits per heavy atom. The summed E-state index contributed by atoms with van der Waals surface area (Å²) in [7, 11) is 0. The third kappa shape index (κ3) is 2.78. The third-order valence-electron chi connectivity index (χ3n) is 9.06. The molecule has 1 unspecified atom stereocenters. The SMILES string of the molecule is c1ccc(-c2ccc3c(c2)NC2C(=N3)c3cccc4c5c6c(ccc5n2c34)c2ccccc2n6-c2ccccc2)cc1. The fraction of sp³-hybridized carbons (Fsp3) is 0.0263. The van der Waals surface area contributed by atoms with E-state index < -0.39 is 0 Å². The molecule has 4 heterocycles. The van der Waals surface area contributed by atoms with Gasteiger partial charge in [0.25, 0.3) is 0 Å².